The van der Waals surface area contributed by atoms with Gasteiger partial charge < -0.3 is 10.1 Å². The SMILES string of the molecule is COC(=O)/C=C\C(=O)Nc1cccc2ccccc12. The summed E-state index contributed by atoms with van der Waals surface area (Å²) in [6, 6.07) is 13.4. The highest BCUT2D eigenvalue weighted by molar-refractivity contribution is 6.07. The van der Waals surface area contributed by atoms with E-state index in [1.165, 1.54) is 7.11 Å². The quantitative estimate of drug-likeness (QED) is 0.677. The van der Waals surface area contributed by atoms with Gasteiger partial charge in [-0.2, -0.15) is 0 Å². The molecule has 0 aromatic heterocycles. The minimum atomic E-state index is -0.562. The maximum atomic E-state index is 11.7. The summed E-state index contributed by atoms with van der Waals surface area (Å²) in [5, 5.41) is 4.72. The minimum Gasteiger partial charge on any atom is -0.466 e. The molecule has 0 unspecified atom stereocenters. The first-order chi connectivity index (χ1) is 9.20. The molecule has 4 heteroatoms. The molecule has 0 aliphatic rings. The van der Waals surface area contributed by atoms with Crippen molar-refractivity contribution < 1.29 is 14.3 Å². The number of anilines is 1. The van der Waals surface area contributed by atoms with Crippen LogP contribution in [0, 0.1) is 0 Å². The molecule has 0 radical (unpaired) electrons. The molecule has 0 saturated carbocycles. The number of amides is 1. The number of carbonyl (C=O) groups excluding carboxylic acids is 2. The predicted octanol–water partition coefficient (Wildman–Crippen LogP) is 2.51. The number of methoxy groups -OCH3 is 1. The van der Waals surface area contributed by atoms with Crippen molar-refractivity contribution in [1.29, 1.82) is 0 Å². The molecule has 2 aromatic rings. The summed E-state index contributed by atoms with van der Waals surface area (Å²) >= 11 is 0. The maximum absolute atomic E-state index is 11.7. The highest BCUT2D eigenvalue weighted by Gasteiger charge is 2.03. The van der Waals surface area contributed by atoms with Crippen LogP contribution < -0.4 is 5.32 Å². The maximum Gasteiger partial charge on any atom is 0.330 e. The fourth-order valence-corrected chi connectivity index (χ4v) is 1.72. The van der Waals surface area contributed by atoms with Crippen molar-refractivity contribution in [2.24, 2.45) is 0 Å². The number of rotatable bonds is 3. The lowest BCUT2D eigenvalue weighted by Crippen LogP contribution is -2.09. The Morgan fingerprint density at radius 1 is 1.05 bits per heavy atom. The summed E-state index contributed by atoms with van der Waals surface area (Å²) in [4.78, 5) is 22.6. The van der Waals surface area contributed by atoms with Gasteiger partial charge in [-0.25, -0.2) is 4.79 Å². The van der Waals surface area contributed by atoms with Crippen molar-refractivity contribution in [3.8, 4) is 0 Å². The number of nitrogens with one attached hydrogen (secondary N) is 1. The molecular weight excluding hydrogens is 242 g/mol. The monoisotopic (exact) mass is 255 g/mol. The molecule has 0 atom stereocenters. The molecule has 96 valence electrons. The Hall–Kier alpha value is -2.62. The summed E-state index contributed by atoms with van der Waals surface area (Å²) in [6.07, 6.45) is 2.23. The number of carbonyl (C=O) groups is 2. The molecule has 0 heterocycles. The highest BCUT2D eigenvalue weighted by Crippen LogP contribution is 2.22. The van der Waals surface area contributed by atoms with Crippen LogP contribution in [0.1, 0.15) is 0 Å². The first kappa shape index (κ1) is 12.8. The summed E-state index contributed by atoms with van der Waals surface area (Å²) in [6.45, 7) is 0. The van der Waals surface area contributed by atoms with Crippen molar-refractivity contribution in [1.82, 2.24) is 0 Å². The van der Waals surface area contributed by atoms with E-state index in [2.05, 4.69) is 10.1 Å². The second kappa shape index (κ2) is 5.82. The van der Waals surface area contributed by atoms with Gasteiger partial charge in [-0.3, -0.25) is 4.79 Å². The largest absolute Gasteiger partial charge is 0.466 e. The first-order valence-corrected chi connectivity index (χ1v) is 5.75. The number of hydrogen-bond donors (Lipinski definition) is 1. The summed E-state index contributed by atoms with van der Waals surface area (Å²) < 4.78 is 4.42. The molecule has 4 nitrogen and oxygen atoms in total. The van der Waals surface area contributed by atoms with Crippen molar-refractivity contribution in [3.63, 3.8) is 0 Å². The Kier molecular flexibility index (Phi) is 3.93. The molecule has 0 aliphatic heterocycles. The Morgan fingerprint density at radius 3 is 2.58 bits per heavy atom. The first-order valence-electron chi connectivity index (χ1n) is 5.75. The van der Waals surface area contributed by atoms with Crippen molar-refractivity contribution >= 4 is 28.3 Å². The van der Waals surface area contributed by atoms with Crippen LogP contribution in [-0.4, -0.2) is 19.0 Å². The highest BCUT2D eigenvalue weighted by atomic mass is 16.5. The molecule has 1 N–H and O–H groups in total. The lowest BCUT2D eigenvalue weighted by Gasteiger charge is -2.06. The fraction of sp³-hybridized carbons (Fsp3) is 0.0667. The van der Waals surface area contributed by atoms with Crippen LogP contribution in [0.15, 0.2) is 54.6 Å². The van der Waals surface area contributed by atoms with E-state index in [1.807, 2.05) is 42.5 Å². The van der Waals surface area contributed by atoms with Gasteiger partial charge in [0.05, 0.1) is 7.11 Å². The summed E-state index contributed by atoms with van der Waals surface area (Å²) in [5.74, 6) is -0.935. The van der Waals surface area contributed by atoms with Gasteiger partial charge in [0.25, 0.3) is 0 Å². The zero-order valence-electron chi connectivity index (χ0n) is 10.4. The Bertz CT molecular complexity index is 641. The number of benzene rings is 2. The normalized spacial score (nSPS) is 10.6. The predicted molar refractivity (Wildman–Crippen MR) is 73.7 cm³/mol. The molecule has 0 aliphatic carbocycles. The zero-order valence-corrected chi connectivity index (χ0v) is 10.4. The Balaban J connectivity index is 2.20. The number of hydrogen-bond acceptors (Lipinski definition) is 3. The van der Waals surface area contributed by atoms with Crippen molar-refractivity contribution in [2.75, 3.05) is 12.4 Å². The lowest BCUT2D eigenvalue weighted by molar-refractivity contribution is -0.135. The number of ether oxygens (including phenoxy) is 1. The van der Waals surface area contributed by atoms with E-state index < -0.39 is 5.97 Å². The second-order valence-corrected chi connectivity index (χ2v) is 3.87. The molecule has 2 aromatic carbocycles. The number of fused-ring (bicyclic) bond motifs is 1. The summed E-state index contributed by atoms with van der Waals surface area (Å²) in [5.41, 5.74) is 0.706. The molecule has 0 saturated heterocycles. The molecule has 2 rings (SSSR count). The molecule has 0 spiro atoms. The van der Waals surface area contributed by atoms with Crippen molar-refractivity contribution in [3.05, 3.63) is 54.6 Å². The van der Waals surface area contributed by atoms with E-state index in [0.29, 0.717) is 5.69 Å². The van der Waals surface area contributed by atoms with Gasteiger partial charge in [-0.05, 0) is 11.5 Å². The van der Waals surface area contributed by atoms with Gasteiger partial charge in [0.1, 0.15) is 0 Å². The van der Waals surface area contributed by atoms with Gasteiger partial charge in [0.2, 0.25) is 5.91 Å². The number of esters is 1. The summed E-state index contributed by atoms with van der Waals surface area (Å²) in [7, 11) is 1.26. The van der Waals surface area contributed by atoms with Gasteiger partial charge in [-0.1, -0.05) is 36.4 Å². The zero-order chi connectivity index (χ0) is 13.7. The van der Waals surface area contributed by atoms with Crippen LogP contribution in [0.5, 0.6) is 0 Å². The van der Waals surface area contributed by atoms with Crippen LogP contribution in [0.25, 0.3) is 10.8 Å². The third kappa shape index (κ3) is 3.19. The van der Waals surface area contributed by atoms with Crippen LogP contribution in [0.4, 0.5) is 5.69 Å². The van der Waals surface area contributed by atoms with E-state index in [9.17, 15) is 9.59 Å². The molecule has 19 heavy (non-hydrogen) atoms. The lowest BCUT2D eigenvalue weighted by atomic mass is 10.1. The van der Waals surface area contributed by atoms with Gasteiger partial charge >= 0.3 is 5.97 Å². The molecular formula is C15H13NO3. The van der Waals surface area contributed by atoms with Crippen LogP contribution in [-0.2, 0) is 14.3 Å². The third-order valence-corrected chi connectivity index (χ3v) is 2.62. The van der Waals surface area contributed by atoms with E-state index in [1.54, 1.807) is 0 Å². The second-order valence-electron chi connectivity index (χ2n) is 3.87. The average Bonchev–Trinajstić information content (AvgIpc) is 2.45. The minimum absolute atomic E-state index is 0.373. The fourth-order valence-electron chi connectivity index (χ4n) is 1.72. The standard InChI is InChI=1S/C15H13NO3/c1-19-15(18)10-9-14(17)16-13-8-4-6-11-5-2-3-7-12(11)13/h2-10H,1H3,(H,16,17)/b10-9-. The Morgan fingerprint density at radius 2 is 1.79 bits per heavy atom. The average molecular weight is 255 g/mol. The van der Waals surface area contributed by atoms with Gasteiger partial charge in [0.15, 0.2) is 0 Å². The van der Waals surface area contributed by atoms with Crippen LogP contribution in [0.3, 0.4) is 0 Å². The topological polar surface area (TPSA) is 55.4 Å². The molecule has 0 bridgehead atoms. The van der Waals surface area contributed by atoms with Crippen LogP contribution in [0.2, 0.25) is 0 Å². The van der Waals surface area contributed by atoms with E-state index >= 15 is 0 Å². The third-order valence-electron chi connectivity index (χ3n) is 2.62. The van der Waals surface area contributed by atoms with Gasteiger partial charge in [0, 0.05) is 23.2 Å². The van der Waals surface area contributed by atoms with E-state index in [4.69, 9.17) is 0 Å². The molecule has 1 amide bonds. The van der Waals surface area contributed by atoms with Gasteiger partial charge in [-0.15, -0.1) is 0 Å². The van der Waals surface area contributed by atoms with Crippen molar-refractivity contribution in [2.45, 2.75) is 0 Å². The van der Waals surface area contributed by atoms with E-state index in [-0.39, 0.29) is 5.91 Å². The molecule has 0 fully saturated rings. The van der Waals surface area contributed by atoms with E-state index in [0.717, 1.165) is 22.9 Å². The smallest absolute Gasteiger partial charge is 0.330 e. The van der Waals surface area contributed by atoms with Crippen LogP contribution >= 0.6 is 0 Å². The Labute approximate surface area is 110 Å².